The summed E-state index contributed by atoms with van der Waals surface area (Å²) < 4.78 is 27.3. The number of benzene rings is 1. The molecule has 2 rings (SSSR count). The number of sulfonamides is 1. The van der Waals surface area contributed by atoms with E-state index in [1.807, 2.05) is 0 Å². The fraction of sp³-hybridized carbons (Fsp3) is 0. The monoisotopic (exact) mass is 381 g/mol. The summed E-state index contributed by atoms with van der Waals surface area (Å²) in [6, 6.07) is 2.90. The van der Waals surface area contributed by atoms with Gasteiger partial charge in [-0.1, -0.05) is 39.1 Å². The zero-order valence-electron chi connectivity index (χ0n) is 9.14. The van der Waals surface area contributed by atoms with Crippen LogP contribution in [0.1, 0.15) is 0 Å². The van der Waals surface area contributed by atoms with Gasteiger partial charge in [0.2, 0.25) is 0 Å². The second-order valence-corrected chi connectivity index (χ2v) is 6.78. The Morgan fingerprint density at radius 3 is 2.16 bits per heavy atom. The molecule has 19 heavy (non-hydrogen) atoms. The van der Waals surface area contributed by atoms with Crippen molar-refractivity contribution in [3.63, 3.8) is 0 Å². The lowest BCUT2D eigenvalue weighted by Gasteiger charge is -2.10. The molecule has 0 radical (unpaired) electrons. The first-order chi connectivity index (χ1) is 8.90. The van der Waals surface area contributed by atoms with Crippen LogP contribution in [0.3, 0.4) is 0 Å². The van der Waals surface area contributed by atoms with Crippen LogP contribution in [-0.2, 0) is 10.0 Å². The maximum Gasteiger partial charge on any atom is 0.264 e. The summed E-state index contributed by atoms with van der Waals surface area (Å²) in [6.45, 7) is 0. The van der Waals surface area contributed by atoms with Gasteiger partial charge in [0.25, 0.3) is 10.0 Å². The summed E-state index contributed by atoms with van der Waals surface area (Å²) in [5.74, 6) is 0. The molecule has 0 saturated carbocycles. The Hall–Kier alpha value is -0.890. The third-order valence-corrected chi connectivity index (χ3v) is 4.80. The highest BCUT2D eigenvalue weighted by atomic mass is 79.9. The van der Waals surface area contributed by atoms with Crippen molar-refractivity contribution >= 4 is 54.8 Å². The molecule has 0 atom stereocenters. The summed E-state index contributed by atoms with van der Waals surface area (Å²) in [5, 5.41) is 0.0347. The fourth-order valence-corrected chi connectivity index (χ4v) is 4.31. The Balaban J connectivity index is 2.46. The maximum absolute atomic E-state index is 12.2. The predicted molar refractivity (Wildman–Crippen MR) is 77.0 cm³/mol. The normalized spacial score (nSPS) is 11.3. The summed E-state index contributed by atoms with van der Waals surface area (Å²) in [6.07, 6.45) is 3.94. The Labute approximate surface area is 128 Å². The maximum atomic E-state index is 12.2. The van der Waals surface area contributed by atoms with Gasteiger partial charge in [0.15, 0.2) is 0 Å². The number of rotatable bonds is 3. The van der Waals surface area contributed by atoms with Crippen LogP contribution in [0.5, 0.6) is 0 Å². The molecule has 0 saturated heterocycles. The lowest BCUT2D eigenvalue weighted by Crippen LogP contribution is -2.14. The van der Waals surface area contributed by atoms with E-state index in [0.29, 0.717) is 4.47 Å². The number of hydrogen-bond acceptors (Lipinski definition) is 4. The number of anilines is 1. The predicted octanol–water partition coefficient (Wildman–Crippen LogP) is 3.35. The van der Waals surface area contributed by atoms with Gasteiger partial charge in [0, 0.05) is 4.47 Å². The van der Waals surface area contributed by atoms with E-state index < -0.39 is 10.0 Å². The van der Waals surface area contributed by atoms with Gasteiger partial charge in [0.1, 0.15) is 11.2 Å². The largest absolute Gasteiger partial charge is 0.276 e. The average molecular weight is 383 g/mol. The Morgan fingerprint density at radius 1 is 1.11 bits per heavy atom. The first kappa shape index (κ1) is 14.5. The van der Waals surface area contributed by atoms with Crippen molar-refractivity contribution in [3.05, 3.63) is 45.4 Å². The molecule has 1 heterocycles. The Morgan fingerprint density at radius 2 is 1.63 bits per heavy atom. The minimum atomic E-state index is -3.91. The molecule has 2 aromatic rings. The third kappa shape index (κ3) is 3.36. The van der Waals surface area contributed by atoms with E-state index >= 15 is 0 Å². The SMILES string of the molecule is O=S(=O)(Nc1cncnc1)c1c(Cl)cc(Br)cc1Cl. The summed E-state index contributed by atoms with van der Waals surface area (Å²) in [4.78, 5) is 7.23. The standard InChI is InChI=1S/C10H6BrCl2N3O2S/c11-6-1-8(12)10(9(13)2-6)19(17,18)16-7-3-14-5-15-4-7/h1-5,16H. The minimum absolute atomic E-state index is 0.0173. The van der Waals surface area contributed by atoms with E-state index in [0.717, 1.165) is 0 Å². The average Bonchev–Trinajstić information content (AvgIpc) is 2.27. The summed E-state index contributed by atoms with van der Waals surface area (Å²) in [7, 11) is -3.91. The highest BCUT2D eigenvalue weighted by Crippen LogP contribution is 2.33. The van der Waals surface area contributed by atoms with Gasteiger partial charge in [-0.3, -0.25) is 4.72 Å². The molecule has 1 N–H and O–H groups in total. The Kier molecular flexibility index (Phi) is 4.29. The second-order valence-electron chi connectivity index (χ2n) is 3.43. The molecule has 1 aromatic carbocycles. The molecule has 0 aliphatic rings. The molecular weight excluding hydrogens is 377 g/mol. The van der Waals surface area contributed by atoms with Gasteiger partial charge in [-0.15, -0.1) is 0 Å². The topological polar surface area (TPSA) is 72.0 Å². The molecule has 0 spiro atoms. The Bertz CT molecular complexity index is 687. The number of nitrogens with one attached hydrogen (secondary N) is 1. The molecule has 0 bridgehead atoms. The quantitative estimate of drug-likeness (QED) is 0.883. The third-order valence-electron chi connectivity index (χ3n) is 2.04. The molecule has 5 nitrogen and oxygen atoms in total. The van der Waals surface area contributed by atoms with Gasteiger partial charge in [-0.2, -0.15) is 0 Å². The van der Waals surface area contributed by atoms with Crippen LogP contribution in [0.2, 0.25) is 10.0 Å². The molecule has 0 unspecified atom stereocenters. The van der Waals surface area contributed by atoms with E-state index in [2.05, 4.69) is 30.6 Å². The molecule has 0 fully saturated rings. The first-order valence-corrected chi connectivity index (χ1v) is 7.86. The second kappa shape index (κ2) is 5.62. The van der Waals surface area contributed by atoms with Crippen LogP contribution < -0.4 is 4.72 Å². The highest BCUT2D eigenvalue weighted by Gasteiger charge is 2.22. The van der Waals surface area contributed by atoms with Gasteiger partial charge in [0.05, 0.1) is 28.1 Å². The molecule has 100 valence electrons. The number of hydrogen-bond donors (Lipinski definition) is 1. The number of nitrogens with zero attached hydrogens (tertiary/aromatic N) is 2. The van der Waals surface area contributed by atoms with Crippen molar-refractivity contribution in [1.29, 1.82) is 0 Å². The minimum Gasteiger partial charge on any atom is -0.276 e. The molecular formula is C10H6BrCl2N3O2S. The zero-order valence-corrected chi connectivity index (χ0v) is 13.1. The molecule has 0 aliphatic heterocycles. The van der Waals surface area contributed by atoms with Crippen molar-refractivity contribution in [1.82, 2.24) is 9.97 Å². The van der Waals surface area contributed by atoms with Gasteiger partial charge < -0.3 is 0 Å². The highest BCUT2D eigenvalue weighted by molar-refractivity contribution is 9.10. The smallest absolute Gasteiger partial charge is 0.264 e. The summed E-state index contributed by atoms with van der Waals surface area (Å²) in [5.41, 5.74) is 0.220. The van der Waals surface area contributed by atoms with Crippen molar-refractivity contribution in [2.24, 2.45) is 0 Å². The van der Waals surface area contributed by atoms with E-state index in [1.54, 1.807) is 0 Å². The van der Waals surface area contributed by atoms with Gasteiger partial charge >= 0.3 is 0 Å². The number of aromatic nitrogens is 2. The van der Waals surface area contributed by atoms with Crippen molar-refractivity contribution in [2.75, 3.05) is 4.72 Å². The van der Waals surface area contributed by atoms with E-state index in [9.17, 15) is 8.42 Å². The van der Waals surface area contributed by atoms with Crippen LogP contribution in [0.25, 0.3) is 0 Å². The fourth-order valence-electron chi connectivity index (χ4n) is 1.34. The number of halogens is 3. The van der Waals surface area contributed by atoms with Crippen molar-refractivity contribution in [2.45, 2.75) is 4.90 Å². The molecule has 1 aromatic heterocycles. The van der Waals surface area contributed by atoms with E-state index in [1.165, 1.54) is 30.9 Å². The molecule has 0 amide bonds. The lowest BCUT2D eigenvalue weighted by atomic mass is 10.4. The van der Waals surface area contributed by atoms with Gasteiger partial charge in [-0.25, -0.2) is 18.4 Å². The van der Waals surface area contributed by atoms with Crippen LogP contribution in [0, 0.1) is 0 Å². The van der Waals surface area contributed by atoms with Crippen molar-refractivity contribution in [3.8, 4) is 0 Å². The van der Waals surface area contributed by atoms with Gasteiger partial charge in [-0.05, 0) is 12.1 Å². The molecule has 0 aliphatic carbocycles. The van der Waals surface area contributed by atoms with Crippen LogP contribution in [0.4, 0.5) is 5.69 Å². The van der Waals surface area contributed by atoms with Crippen LogP contribution >= 0.6 is 39.1 Å². The van der Waals surface area contributed by atoms with Crippen molar-refractivity contribution < 1.29 is 8.42 Å². The first-order valence-electron chi connectivity index (χ1n) is 4.82. The lowest BCUT2D eigenvalue weighted by molar-refractivity contribution is 0.601. The van der Waals surface area contributed by atoms with Crippen LogP contribution in [0.15, 0.2) is 40.2 Å². The van der Waals surface area contributed by atoms with Crippen LogP contribution in [-0.4, -0.2) is 18.4 Å². The van der Waals surface area contributed by atoms with E-state index in [-0.39, 0.29) is 20.6 Å². The summed E-state index contributed by atoms with van der Waals surface area (Å²) >= 11 is 15.0. The molecule has 9 heteroatoms. The van der Waals surface area contributed by atoms with E-state index in [4.69, 9.17) is 23.2 Å². The zero-order chi connectivity index (χ0) is 14.0.